The first kappa shape index (κ1) is 22.8. The van der Waals surface area contributed by atoms with Crippen molar-refractivity contribution in [3.63, 3.8) is 0 Å². The molecule has 0 saturated heterocycles. The zero-order chi connectivity index (χ0) is 17.8. The molecule has 0 heterocycles. The van der Waals surface area contributed by atoms with Gasteiger partial charge < -0.3 is 10.4 Å². The third-order valence-corrected chi connectivity index (χ3v) is 5.13. The molecular formula is C17H37NO4S. The Morgan fingerprint density at radius 1 is 0.957 bits per heavy atom. The molecule has 0 aromatic rings. The highest BCUT2D eigenvalue weighted by molar-refractivity contribution is 7.85. The van der Waals surface area contributed by atoms with Crippen molar-refractivity contribution in [1.29, 1.82) is 0 Å². The van der Waals surface area contributed by atoms with Gasteiger partial charge in [0.2, 0.25) is 0 Å². The van der Waals surface area contributed by atoms with E-state index in [1.165, 1.54) is 38.5 Å². The Hall–Kier alpha value is -0.170. The maximum absolute atomic E-state index is 10.7. The molecular weight excluding hydrogens is 314 g/mol. The maximum Gasteiger partial charge on any atom is 0.264 e. The summed E-state index contributed by atoms with van der Waals surface area (Å²) >= 11 is 0. The number of aliphatic hydroxyl groups is 1. The van der Waals surface area contributed by atoms with Crippen LogP contribution >= 0.6 is 0 Å². The normalized spacial score (nSPS) is 14.1. The summed E-state index contributed by atoms with van der Waals surface area (Å²) in [5, 5.41) is 13.5. The largest absolute Gasteiger partial charge is 0.391 e. The zero-order valence-electron chi connectivity index (χ0n) is 15.2. The lowest BCUT2D eigenvalue weighted by molar-refractivity contribution is 0.0706. The Labute approximate surface area is 143 Å². The number of rotatable bonds is 15. The number of aliphatic hydroxyl groups excluding tert-OH is 1. The van der Waals surface area contributed by atoms with Crippen LogP contribution in [0, 0.1) is 0 Å². The van der Waals surface area contributed by atoms with Crippen LogP contribution in [0.15, 0.2) is 0 Å². The third-order valence-electron chi connectivity index (χ3n) is 4.32. The van der Waals surface area contributed by atoms with Crippen LogP contribution in [0.1, 0.15) is 85.0 Å². The second kappa shape index (κ2) is 12.2. The average Bonchev–Trinajstić information content (AvgIpc) is 2.45. The highest BCUT2D eigenvalue weighted by atomic mass is 32.2. The molecule has 0 radical (unpaired) electrons. The Morgan fingerprint density at radius 3 is 2.00 bits per heavy atom. The molecule has 0 aromatic carbocycles. The van der Waals surface area contributed by atoms with E-state index in [4.69, 9.17) is 4.55 Å². The van der Waals surface area contributed by atoms with E-state index in [1.54, 1.807) is 0 Å². The summed E-state index contributed by atoms with van der Waals surface area (Å²) in [6.07, 6.45) is 10.6. The lowest BCUT2D eigenvalue weighted by atomic mass is 9.92. The molecule has 0 aliphatic heterocycles. The van der Waals surface area contributed by atoms with Crippen LogP contribution in [-0.4, -0.2) is 42.0 Å². The van der Waals surface area contributed by atoms with E-state index in [2.05, 4.69) is 12.2 Å². The molecule has 5 nitrogen and oxygen atoms in total. The van der Waals surface area contributed by atoms with E-state index in [0.717, 1.165) is 19.3 Å². The van der Waals surface area contributed by atoms with Gasteiger partial charge in [-0.05, 0) is 33.2 Å². The van der Waals surface area contributed by atoms with Gasteiger partial charge in [-0.1, -0.05) is 58.3 Å². The molecule has 23 heavy (non-hydrogen) atoms. The average molecular weight is 352 g/mol. The minimum atomic E-state index is -3.89. The Balaban J connectivity index is 3.71. The fourth-order valence-corrected chi connectivity index (χ4v) is 3.12. The Bertz CT molecular complexity index is 382. The van der Waals surface area contributed by atoms with Gasteiger partial charge in [-0.2, -0.15) is 8.42 Å². The van der Waals surface area contributed by atoms with Gasteiger partial charge in [0.05, 0.1) is 11.9 Å². The van der Waals surface area contributed by atoms with Crippen LogP contribution in [0.5, 0.6) is 0 Å². The minimum Gasteiger partial charge on any atom is -0.391 e. The van der Waals surface area contributed by atoms with Crippen molar-refractivity contribution in [2.24, 2.45) is 0 Å². The monoisotopic (exact) mass is 351 g/mol. The number of hydrogen-bond donors (Lipinski definition) is 3. The molecule has 0 amide bonds. The fraction of sp³-hybridized carbons (Fsp3) is 1.00. The van der Waals surface area contributed by atoms with Crippen molar-refractivity contribution in [3.05, 3.63) is 0 Å². The Kier molecular flexibility index (Phi) is 12.1. The molecule has 0 spiro atoms. The predicted molar refractivity (Wildman–Crippen MR) is 96.3 cm³/mol. The summed E-state index contributed by atoms with van der Waals surface area (Å²) < 4.78 is 30.0. The van der Waals surface area contributed by atoms with Crippen LogP contribution in [0.25, 0.3) is 0 Å². The first-order chi connectivity index (χ1) is 10.7. The van der Waals surface area contributed by atoms with Crippen molar-refractivity contribution in [2.45, 2.75) is 96.6 Å². The van der Waals surface area contributed by atoms with Crippen molar-refractivity contribution in [3.8, 4) is 0 Å². The second-order valence-electron chi connectivity index (χ2n) is 7.07. The smallest absolute Gasteiger partial charge is 0.264 e. The molecule has 0 aromatic heterocycles. The standard InChI is InChI=1S/C17H37NO4S/c1-4-5-6-7-8-9-10-11-13-16(19)17(2,3)18-14-12-15-23(20,21)22/h16,18-19H,4-15H2,1-3H3,(H,20,21,22). The van der Waals surface area contributed by atoms with Crippen LogP contribution in [-0.2, 0) is 10.1 Å². The predicted octanol–water partition coefficient (Wildman–Crippen LogP) is 3.52. The van der Waals surface area contributed by atoms with Crippen LogP contribution in [0.3, 0.4) is 0 Å². The highest BCUT2D eigenvalue weighted by Gasteiger charge is 2.26. The van der Waals surface area contributed by atoms with Gasteiger partial charge in [0, 0.05) is 5.54 Å². The summed E-state index contributed by atoms with van der Waals surface area (Å²) in [5.74, 6) is -0.246. The molecule has 0 aliphatic rings. The van der Waals surface area contributed by atoms with Gasteiger partial charge in [-0.15, -0.1) is 0 Å². The molecule has 0 saturated carbocycles. The van der Waals surface area contributed by atoms with E-state index >= 15 is 0 Å². The summed E-state index contributed by atoms with van der Waals surface area (Å²) in [5.41, 5.74) is -0.444. The molecule has 0 aliphatic carbocycles. The number of hydrogen-bond acceptors (Lipinski definition) is 4. The van der Waals surface area contributed by atoms with Gasteiger partial charge in [-0.3, -0.25) is 4.55 Å². The molecule has 3 N–H and O–H groups in total. The van der Waals surface area contributed by atoms with Crippen LogP contribution < -0.4 is 5.32 Å². The van der Waals surface area contributed by atoms with Crippen LogP contribution in [0.2, 0.25) is 0 Å². The summed E-state index contributed by atoms with van der Waals surface area (Å²) in [4.78, 5) is 0. The highest BCUT2D eigenvalue weighted by Crippen LogP contribution is 2.17. The fourth-order valence-electron chi connectivity index (χ4n) is 2.62. The molecule has 1 unspecified atom stereocenters. The summed E-state index contributed by atoms with van der Waals surface area (Å²) in [6, 6.07) is 0. The van der Waals surface area contributed by atoms with Crippen molar-refractivity contribution in [2.75, 3.05) is 12.3 Å². The SMILES string of the molecule is CCCCCCCCCCC(O)C(C)(C)NCCCS(=O)(=O)O. The Morgan fingerprint density at radius 2 is 1.48 bits per heavy atom. The first-order valence-corrected chi connectivity index (χ1v) is 10.7. The first-order valence-electron chi connectivity index (χ1n) is 9.07. The van der Waals surface area contributed by atoms with E-state index < -0.39 is 21.8 Å². The third kappa shape index (κ3) is 13.9. The maximum atomic E-state index is 10.7. The van der Waals surface area contributed by atoms with E-state index in [0.29, 0.717) is 13.0 Å². The number of nitrogens with one attached hydrogen (secondary N) is 1. The summed E-state index contributed by atoms with van der Waals surface area (Å²) in [7, 11) is -3.89. The van der Waals surface area contributed by atoms with Gasteiger partial charge >= 0.3 is 0 Å². The van der Waals surface area contributed by atoms with E-state index in [-0.39, 0.29) is 5.75 Å². The van der Waals surface area contributed by atoms with Gasteiger partial charge in [0.1, 0.15) is 0 Å². The van der Waals surface area contributed by atoms with E-state index in [9.17, 15) is 13.5 Å². The number of unbranched alkanes of at least 4 members (excludes halogenated alkanes) is 7. The minimum absolute atomic E-state index is 0.246. The molecule has 1 atom stereocenters. The molecule has 0 bridgehead atoms. The van der Waals surface area contributed by atoms with Gasteiger partial charge in [-0.25, -0.2) is 0 Å². The van der Waals surface area contributed by atoms with Crippen LogP contribution in [0.4, 0.5) is 0 Å². The van der Waals surface area contributed by atoms with Gasteiger partial charge in [0.25, 0.3) is 10.1 Å². The molecule has 0 rings (SSSR count). The molecule has 6 heteroatoms. The summed E-state index contributed by atoms with van der Waals surface area (Å²) in [6.45, 7) is 6.53. The van der Waals surface area contributed by atoms with Crippen molar-refractivity contribution in [1.82, 2.24) is 5.32 Å². The molecule has 0 fully saturated rings. The lowest BCUT2D eigenvalue weighted by Crippen LogP contribution is -2.50. The second-order valence-corrected chi connectivity index (χ2v) is 8.64. The van der Waals surface area contributed by atoms with Gasteiger partial charge in [0.15, 0.2) is 0 Å². The topological polar surface area (TPSA) is 86.6 Å². The van der Waals surface area contributed by atoms with Crippen molar-refractivity contribution >= 4 is 10.1 Å². The van der Waals surface area contributed by atoms with Crippen molar-refractivity contribution < 1.29 is 18.1 Å². The zero-order valence-corrected chi connectivity index (χ0v) is 16.0. The molecule has 140 valence electrons. The van der Waals surface area contributed by atoms with E-state index in [1.807, 2.05) is 13.8 Å². The lowest BCUT2D eigenvalue weighted by Gasteiger charge is -2.32. The quantitative estimate of drug-likeness (QED) is 0.310.